The summed E-state index contributed by atoms with van der Waals surface area (Å²) >= 11 is 5.24. The van der Waals surface area contributed by atoms with Gasteiger partial charge in [0.05, 0.1) is 5.56 Å². The molecule has 0 aliphatic heterocycles. The van der Waals surface area contributed by atoms with Crippen molar-refractivity contribution in [3.8, 4) is 0 Å². The Hall–Kier alpha value is -1.23. The van der Waals surface area contributed by atoms with E-state index in [-0.39, 0.29) is 11.6 Å². The number of aryl methyl sites for hydroxylation is 1. The third-order valence-corrected chi connectivity index (χ3v) is 2.05. The zero-order valence-corrected chi connectivity index (χ0v) is 9.12. The zero-order valence-electron chi connectivity index (χ0n) is 8.36. The molecule has 0 bridgehead atoms. The van der Waals surface area contributed by atoms with Crippen LogP contribution in [-0.2, 0) is 11.0 Å². The minimum atomic E-state index is -4.42. The molecule has 16 heavy (non-hydrogen) atoms. The van der Waals surface area contributed by atoms with Crippen LogP contribution in [0.5, 0.6) is 0 Å². The van der Waals surface area contributed by atoms with Gasteiger partial charge in [-0.1, -0.05) is 0 Å². The molecule has 0 aromatic heterocycles. The molecule has 0 fully saturated rings. The minimum absolute atomic E-state index is 0.0953. The predicted octanol–water partition coefficient (Wildman–Crippen LogP) is 3.19. The van der Waals surface area contributed by atoms with Gasteiger partial charge in [-0.15, -0.1) is 11.6 Å². The Balaban J connectivity index is 3.04. The molecule has 0 saturated carbocycles. The lowest BCUT2D eigenvalue weighted by Gasteiger charge is -2.10. The molecule has 2 nitrogen and oxygen atoms in total. The lowest BCUT2D eigenvalue weighted by Crippen LogP contribution is -2.14. The van der Waals surface area contributed by atoms with Gasteiger partial charge in [0.1, 0.15) is 5.88 Å². The van der Waals surface area contributed by atoms with Gasteiger partial charge in [-0.25, -0.2) is 0 Å². The summed E-state index contributed by atoms with van der Waals surface area (Å²) in [6.07, 6.45) is -4.42. The van der Waals surface area contributed by atoms with Gasteiger partial charge in [-0.2, -0.15) is 13.2 Å². The van der Waals surface area contributed by atoms with Crippen LogP contribution in [0.15, 0.2) is 18.2 Å². The van der Waals surface area contributed by atoms with Gasteiger partial charge in [-0.3, -0.25) is 4.79 Å². The average Bonchev–Trinajstić information content (AvgIpc) is 2.15. The fourth-order valence-electron chi connectivity index (χ4n) is 1.21. The summed E-state index contributed by atoms with van der Waals surface area (Å²) < 4.78 is 37.3. The molecule has 1 aromatic rings. The van der Waals surface area contributed by atoms with Crippen molar-refractivity contribution < 1.29 is 18.0 Å². The van der Waals surface area contributed by atoms with Crippen LogP contribution in [0.3, 0.4) is 0 Å². The molecule has 0 atom stereocenters. The van der Waals surface area contributed by atoms with E-state index in [0.29, 0.717) is 5.56 Å². The average molecular weight is 252 g/mol. The second-order valence-corrected chi connectivity index (χ2v) is 3.53. The summed E-state index contributed by atoms with van der Waals surface area (Å²) in [5, 5.41) is 2.27. The van der Waals surface area contributed by atoms with Crippen molar-refractivity contribution in [1.82, 2.24) is 0 Å². The Morgan fingerprint density at radius 3 is 2.50 bits per heavy atom. The van der Waals surface area contributed by atoms with E-state index in [1.807, 2.05) is 0 Å². The molecule has 0 aliphatic rings. The lowest BCUT2D eigenvalue weighted by molar-refractivity contribution is -0.137. The Bertz CT molecular complexity index is 404. The van der Waals surface area contributed by atoms with Crippen LogP contribution in [0.2, 0.25) is 0 Å². The van der Waals surface area contributed by atoms with Gasteiger partial charge in [0.25, 0.3) is 0 Å². The number of halogens is 4. The van der Waals surface area contributed by atoms with E-state index >= 15 is 0 Å². The van der Waals surface area contributed by atoms with Crippen LogP contribution in [0.4, 0.5) is 18.9 Å². The summed E-state index contributed by atoms with van der Waals surface area (Å²) in [6.45, 7) is 1.52. The van der Waals surface area contributed by atoms with E-state index in [2.05, 4.69) is 5.32 Å². The van der Waals surface area contributed by atoms with Crippen LogP contribution >= 0.6 is 11.6 Å². The Morgan fingerprint density at radius 2 is 2.00 bits per heavy atom. The van der Waals surface area contributed by atoms with Crippen molar-refractivity contribution in [1.29, 1.82) is 0 Å². The zero-order chi connectivity index (χ0) is 12.3. The van der Waals surface area contributed by atoms with Crippen molar-refractivity contribution in [3.05, 3.63) is 29.3 Å². The topological polar surface area (TPSA) is 29.1 Å². The number of amides is 1. The standard InChI is InChI=1S/C10H9ClF3NO/c1-6-2-7(10(12,13)14)4-8(3-6)15-9(16)5-11/h2-4H,5H2,1H3,(H,15,16). The van der Waals surface area contributed by atoms with Crippen LogP contribution in [0.1, 0.15) is 11.1 Å². The first-order chi connectivity index (χ1) is 7.32. The van der Waals surface area contributed by atoms with Gasteiger partial charge in [0.2, 0.25) is 5.91 Å². The number of nitrogens with one attached hydrogen (secondary N) is 1. The molecule has 0 heterocycles. The van der Waals surface area contributed by atoms with Crippen LogP contribution < -0.4 is 5.32 Å². The summed E-state index contributed by atoms with van der Waals surface area (Å²) in [4.78, 5) is 10.9. The van der Waals surface area contributed by atoms with Crippen molar-refractivity contribution >= 4 is 23.2 Å². The monoisotopic (exact) mass is 251 g/mol. The Morgan fingerprint density at radius 1 is 1.38 bits per heavy atom. The van der Waals surface area contributed by atoms with Crippen LogP contribution in [0, 0.1) is 6.92 Å². The van der Waals surface area contributed by atoms with Crippen LogP contribution in [-0.4, -0.2) is 11.8 Å². The first kappa shape index (κ1) is 12.8. The highest BCUT2D eigenvalue weighted by atomic mass is 35.5. The molecule has 0 spiro atoms. The third-order valence-electron chi connectivity index (χ3n) is 1.81. The largest absolute Gasteiger partial charge is 0.416 e. The van der Waals surface area contributed by atoms with Crippen molar-refractivity contribution in [3.63, 3.8) is 0 Å². The number of carbonyl (C=O) groups excluding carboxylic acids is 1. The van der Waals surface area contributed by atoms with E-state index in [1.165, 1.54) is 13.0 Å². The maximum atomic E-state index is 12.4. The number of anilines is 1. The molecule has 88 valence electrons. The molecular formula is C10H9ClF3NO. The van der Waals surface area contributed by atoms with Crippen molar-refractivity contribution in [2.75, 3.05) is 11.2 Å². The predicted molar refractivity (Wildman–Crippen MR) is 55.5 cm³/mol. The first-order valence-corrected chi connectivity index (χ1v) is 4.91. The molecule has 1 rings (SSSR count). The Labute approximate surface area is 95.4 Å². The van der Waals surface area contributed by atoms with Gasteiger partial charge in [-0.05, 0) is 30.7 Å². The number of rotatable bonds is 2. The number of alkyl halides is 4. The van der Waals surface area contributed by atoms with E-state index in [1.54, 1.807) is 0 Å². The summed E-state index contributed by atoms with van der Waals surface area (Å²) in [5.74, 6) is -0.838. The number of hydrogen-bond acceptors (Lipinski definition) is 1. The number of carbonyl (C=O) groups is 1. The van der Waals surface area contributed by atoms with E-state index in [4.69, 9.17) is 11.6 Å². The maximum Gasteiger partial charge on any atom is 0.416 e. The Kier molecular flexibility index (Phi) is 3.80. The molecule has 0 unspecified atom stereocenters. The second-order valence-electron chi connectivity index (χ2n) is 3.27. The van der Waals surface area contributed by atoms with Gasteiger partial charge in [0.15, 0.2) is 0 Å². The molecule has 1 amide bonds. The van der Waals surface area contributed by atoms with Crippen LogP contribution in [0.25, 0.3) is 0 Å². The molecule has 1 N–H and O–H groups in total. The quantitative estimate of drug-likeness (QED) is 0.804. The molecule has 0 aliphatic carbocycles. The molecule has 0 saturated heterocycles. The summed E-state index contributed by atoms with van der Waals surface area (Å²) in [5.41, 5.74) is -0.282. The summed E-state index contributed by atoms with van der Waals surface area (Å²) in [6, 6.07) is 3.33. The highest BCUT2D eigenvalue weighted by Crippen LogP contribution is 2.31. The van der Waals surface area contributed by atoms with E-state index in [9.17, 15) is 18.0 Å². The highest BCUT2D eigenvalue weighted by molar-refractivity contribution is 6.29. The minimum Gasteiger partial charge on any atom is -0.325 e. The highest BCUT2D eigenvalue weighted by Gasteiger charge is 2.30. The second kappa shape index (κ2) is 4.74. The van der Waals surface area contributed by atoms with Gasteiger partial charge < -0.3 is 5.32 Å². The van der Waals surface area contributed by atoms with E-state index in [0.717, 1.165) is 12.1 Å². The molecule has 1 aromatic carbocycles. The number of hydrogen-bond donors (Lipinski definition) is 1. The van der Waals surface area contributed by atoms with Crippen molar-refractivity contribution in [2.45, 2.75) is 13.1 Å². The van der Waals surface area contributed by atoms with E-state index < -0.39 is 17.6 Å². The smallest absolute Gasteiger partial charge is 0.325 e. The third kappa shape index (κ3) is 3.41. The van der Waals surface area contributed by atoms with Crippen molar-refractivity contribution in [2.24, 2.45) is 0 Å². The molecule has 0 radical (unpaired) electrons. The first-order valence-electron chi connectivity index (χ1n) is 4.37. The lowest BCUT2D eigenvalue weighted by atomic mass is 10.1. The van der Waals surface area contributed by atoms with Gasteiger partial charge in [0, 0.05) is 5.69 Å². The normalized spacial score (nSPS) is 11.3. The summed E-state index contributed by atoms with van der Waals surface area (Å²) in [7, 11) is 0. The molecule has 6 heteroatoms. The maximum absolute atomic E-state index is 12.4. The SMILES string of the molecule is Cc1cc(NC(=O)CCl)cc(C(F)(F)F)c1. The fraction of sp³-hybridized carbons (Fsp3) is 0.300. The molecular weight excluding hydrogens is 243 g/mol. The fourth-order valence-corrected chi connectivity index (χ4v) is 1.28. The van der Waals surface area contributed by atoms with Gasteiger partial charge >= 0.3 is 6.18 Å². The number of benzene rings is 1.